The van der Waals surface area contributed by atoms with Crippen LogP contribution < -0.4 is 9.47 Å². The minimum atomic E-state index is -1.19. The number of hydrogen-bond acceptors (Lipinski definition) is 4. The second-order valence-corrected chi connectivity index (χ2v) is 6.06. The monoisotopic (exact) mass is 299 g/mol. The predicted molar refractivity (Wildman–Crippen MR) is 78.7 cm³/mol. The summed E-state index contributed by atoms with van der Waals surface area (Å²) in [7, 11) is -1.19. The standard InChI is InChI=1S/C16H13NO3S/c17-10-12-2-1-3-13(8-12)11-21(18)14-4-5-15-16(9-14)20-7-6-19-15/h1-5,8-9H,6-7,11H2. The van der Waals surface area contributed by atoms with Crippen molar-refractivity contribution in [2.24, 2.45) is 0 Å². The molecule has 1 unspecified atom stereocenters. The highest BCUT2D eigenvalue weighted by Gasteiger charge is 2.14. The Hall–Kier alpha value is -2.32. The van der Waals surface area contributed by atoms with E-state index in [1.807, 2.05) is 6.07 Å². The van der Waals surface area contributed by atoms with Crippen molar-refractivity contribution in [2.75, 3.05) is 13.2 Å². The maximum Gasteiger partial charge on any atom is 0.162 e. The first kappa shape index (κ1) is 13.7. The minimum absolute atomic E-state index is 0.370. The lowest BCUT2D eigenvalue weighted by Crippen LogP contribution is -2.15. The van der Waals surface area contributed by atoms with Crippen LogP contribution in [0.4, 0.5) is 0 Å². The van der Waals surface area contributed by atoms with Gasteiger partial charge in [-0.15, -0.1) is 0 Å². The third-order valence-corrected chi connectivity index (χ3v) is 4.51. The summed E-state index contributed by atoms with van der Waals surface area (Å²) in [4.78, 5) is 0.696. The van der Waals surface area contributed by atoms with Gasteiger partial charge < -0.3 is 9.47 Å². The molecule has 4 nitrogen and oxygen atoms in total. The van der Waals surface area contributed by atoms with E-state index in [0.29, 0.717) is 40.9 Å². The zero-order valence-corrected chi connectivity index (χ0v) is 12.1. The molecule has 0 spiro atoms. The van der Waals surface area contributed by atoms with Gasteiger partial charge in [0.05, 0.1) is 28.2 Å². The Kier molecular flexibility index (Phi) is 3.89. The lowest BCUT2D eigenvalue weighted by molar-refractivity contribution is 0.171. The van der Waals surface area contributed by atoms with Crippen LogP contribution in [0.15, 0.2) is 47.4 Å². The highest BCUT2D eigenvalue weighted by Crippen LogP contribution is 2.32. The molecule has 0 saturated heterocycles. The first-order chi connectivity index (χ1) is 10.3. The molecule has 2 aromatic rings. The molecule has 3 rings (SSSR count). The molecule has 0 bridgehead atoms. The Morgan fingerprint density at radius 2 is 1.90 bits per heavy atom. The van der Waals surface area contributed by atoms with Gasteiger partial charge in [-0.2, -0.15) is 5.26 Å². The van der Waals surface area contributed by atoms with Crippen molar-refractivity contribution < 1.29 is 13.7 Å². The second-order valence-electron chi connectivity index (χ2n) is 4.61. The fourth-order valence-electron chi connectivity index (χ4n) is 2.13. The van der Waals surface area contributed by atoms with Crippen molar-refractivity contribution in [1.29, 1.82) is 5.26 Å². The molecule has 1 heterocycles. The van der Waals surface area contributed by atoms with Gasteiger partial charge in [-0.3, -0.25) is 4.21 Å². The number of nitriles is 1. The predicted octanol–water partition coefficient (Wildman–Crippen LogP) is 2.64. The summed E-state index contributed by atoms with van der Waals surface area (Å²) in [5.74, 6) is 1.70. The van der Waals surface area contributed by atoms with Gasteiger partial charge in [-0.1, -0.05) is 12.1 Å². The summed E-state index contributed by atoms with van der Waals surface area (Å²) in [5, 5.41) is 8.89. The van der Waals surface area contributed by atoms with Crippen molar-refractivity contribution in [3.8, 4) is 17.6 Å². The van der Waals surface area contributed by atoms with Gasteiger partial charge in [0, 0.05) is 11.0 Å². The van der Waals surface area contributed by atoms with Crippen molar-refractivity contribution >= 4 is 10.8 Å². The first-order valence-corrected chi connectivity index (χ1v) is 7.85. The first-order valence-electron chi connectivity index (χ1n) is 6.53. The molecule has 2 aromatic carbocycles. The van der Waals surface area contributed by atoms with Crippen molar-refractivity contribution in [3.05, 3.63) is 53.6 Å². The molecule has 1 atom stereocenters. The highest BCUT2D eigenvalue weighted by atomic mass is 32.2. The molecule has 21 heavy (non-hydrogen) atoms. The molecule has 1 aliphatic heterocycles. The van der Waals surface area contributed by atoms with Crippen molar-refractivity contribution in [3.63, 3.8) is 0 Å². The molecule has 0 aliphatic carbocycles. The summed E-state index contributed by atoms with van der Waals surface area (Å²) in [6, 6.07) is 14.6. The van der Waals surface area contributed by atoms with E-state index in [9.17, 15) is 4.21 Å². The fraction of sp³-hybridized carbons (Fsp3) is 0.188. The van der Waals surface area contributed by atoms with Gasteiger partial charge in [0.25, 0.3) is 0 Å². The number of rotatable bonds is 3. The lowest BCUT2D eigenvalue weighted by atomic mass is 10.2. The maximum atomic E-state index is 12.4. The molecule has 5 heteroatoms. The van der Waals surface area contributed by atoms with Gasteiger partial charge in [0.15, 0.2) is 11.5 Å². The van der Waals surface area contributed by atoms with E-state index < -0.39 is 10.8 Å². The summed E-state index contributed by atoms with van der Waals surface area (Å²) < 4.78 is 23.4. The fourth-order valence-corrected chi connectivity index (χ4v) is 3.24. The topological polar surface area (TPSA) is 59.3 Å². The van der Waals surface area contributed by atoms with Crippen LogP contribution in [0, 0.1) is 11.3 Å². The van der Waals surface area contributed by atoms with E-state index in [1.54, 1.807) is 36.4 Å². The van der Waals surface area contributed by atoms with Gasteiger partial charge >= 0.3 is 0 Å². The Bertz CT molecular complexity index is 737. The summed E-state index contributed by atoms with van der Waals surface area (Å²) >= 11 is 0. The zero-order chi connectivity index (χ0) is 14.7. The molecular formula is C16H13NO3S. The highest BCUT2D eigenvalue weighted by molar-refractivity contribution is 7.84. The van der Waals surface area contributed by atoms with Crippen LogP contribution >= 0.6 is 0 Å². The van der Waals surface area contributed by atoms with E-state index in [1.165, 1.54) is 0 Å². The van der Waals surface area contributed by atoms with E-state index in [2.05, 4.69) is 6.07 Å². The Labute approximate surface area is 125 Å². The average Bonchev–Trinajstić information content (AvgIpc) is 2.54. The molecule has 0 fully saturated rings. The Morgan fingerprint density at radius 1 is 1.10 bits per heavy atom. The number of hydrogen-bond donors (Lipinski definition) is 0. The summed E-state index contributed by atoms with van der Waals surface area (Å²) in [6.07, 6.45) is 0. The van der Waals surface area contributed by atoms with Crippen molar-refractivity contribution in [2.45, 2.75) is 10.6 Å². The van der Waals surface area contributed by atoms with Crippen LogP contribution in [0.1, 0.15) is 11.1 Å². The van der Waals surface area contributed by atoms with Crippen LogP contribution in [-0.2, 0) is 16.6 Å². The van der Waals surface area contributed by atoms with E-state index in [4.69, 9.17) is 14.7 Å². The summed E-state index contributed by atoms with van der Waals surface area (Å²) in [5.41, 5.74) is 1.45. The quantitative estimate of drug-likeness (QED) is 0.874. The van der Waals surface area contributed by atoms with E-state index in [0.717, 1.165) is 5.56 Å². The number of fused-ring (bicyclic) bond motifs is 1. The maximum absolute atomic E-state index is 12.4. The van der Waals surface area contributed by atoms with Crippen LogP contribution in [0.25, 0.3) is 0 Å². The minimum Gasteiger partial charge on any atom is -0.486 e. The zero-order valence-electron chi connectivity index (χ0n) is 11.2. The molecule has 106 valence electrons. The van der Waals surface area contributed by atoms with E-state index in [-0.39, 0.29) is 0 Å². The second kappa shape index (κ2) is 5.98. The van der Waals surface area contributed by atoms with Gasteiger partial charge in [0.1, 0.15) is 13.2 Å². The normalized spacial score (nSPS) is 14.2. The Balaban J connectivity index is 1.80. The van der Waals surface area contributed by atoms with Crippen LogP contribution in [0.2, 0.25) is 0 Å². The largest absolute Gasteiger partial charge is 0.486 e. The molecule has 0 radical (unpaired) electrons. The van der Waals surface area contributed by atoms with Crippen LogP contribution in [0.3, 0.4) is 0 Å². The third kappa shape index (κ3) is 3.06. The molecule has 0 saturated carbocycles. The lowest BCUT2D eigenvalue weighted by Gasteiger charge is -2.18. The van der Waals surface area contributed by atoms with Crippen LogP contribution in [0.5, 0.6) is 11.5 Å². The van der Waals surface area contributed by atoms with Gasteiger partial charge in [-0.25, -0.2) is 0 Å². The Morgan fingerprint density at radius 3 is 2.71 bits per heavy atom. The molecule has 0 N–H and O–H groups in total. The van der Waals surface area contributed by atoms with Gasteiger partial charge in [-0.05, 0) is 29.8 Å². The summed E-state index contributed by atoms with van der Waals surface area (Å²) in [6.45, 7) is 1.05. The van der Waals surface area contributed by atoms with Crippen molar-refractivity contribution in [1.82, 2.24) is 0 Å². The van der Waals surface area contributed by atoms with Crippen LogP contribution in [-0.4, -0.2) is 17.4 Å². The smallest absolute Gasteiger partial charge is 0.162 e. The van der Waals surface area contributed by atoms with Gasteiger partial charge in [0.2, 0.25) is 0 Å². The molecule has 0 aromatic heterocycles. The molecular weight excluding hydrogens is 286 g/mol. The molecule has 1 aliphatic rings. The van der Waals surface area contributed by atoms with E-state index >= 15 is 0 Å². The number of nitrogens with zero attached hydrogens (tertiary/aromatic N) is 1. The number of benzene rings is 2. The number of ether oxygens (including phenoxy) is 2. The molecule has 0 amide bonds. The third-order valence-electron chi connectivity index (χ3n) is 3.13. The average molecular weight is 299 g/mol. The SMILES string of the molecule is N#Cc1cccc(CS(=O)c2ccc3c(c2)OCCO3)c1.